The van der Waals surface area contributed by atoms with Crippen molar-refractivity contribution in [1.29, 1.82) is 0 Å². The topological polar surface area (TPSA) is 81.7 Å². The first-order chi connectivity index (χ1) is 11.7. The van der Waals surface area contributed by atoms with Crippen LogP contribution in [0.25, 0.3) is 0 Å². The van der Waals surface area contributed by atoms with E-state index in [1.807, 2.05) is 20.9 Å². The molecule has 0 radical (unpaired) electrons. The zero-order chi connectivity index (χ0) is 18.6. The number of amides is 1. The van der Waals surface area contributed by atoms with Gasteiger partial charge in [0.2, 0.25) is 10.0 Å². The van der Waals surface area contributed by atoms with Gasteiger partial charge < -0.3 is 15.1 Å². The minimum absolute atomic E-state index is 0.0152. The number of anilines is 1. The van der Waals surface area contributed by atoms with Crippen LogP contribution >= 0.6 is 0 Å². The van der Waals surface area contributed by atoms with Crippen molar-refractivity contribution in [3.63, 3.8) is 0 Å². The number of carbonyl (C=O) groups is 1. The van der Waals surface area contributed by atoms with Gasteiger partial charge in [0.15, 0.2) is 0 Å². The van der Waals surface area contributed by atoms with E-state index in [1.165, 1.54) is 6.07 Å². The van der Waals surface area contributed by atoms with Crippen LogP contribution in [0.15, 0.2) is 23.1 Å². The van der Waals surface area contributed by atoms with E-state index in [1.54, 1.807) is 19.1 Å². The Labute approximate surface area is 150 Å². The lowest BCUT2D eigenvalue weighted by Crippen LogP contribution is -2.45. The molecule has 0 aliphatic carbocycles. The highest BCUT2D eigenvalue weighted by Crippen LogP contribution is 2.27. The molecule has 2 rings (SSSR count). The van der Waals surface area contributed by atoms with E-state index in [9.17, 15) is 13.2 Å². The fourth-order valence-electron chi connectivity index (χ4n) is 2.79. The van der Waals surface area contributed by atoms with Crippen LogP contribution in [0.5, 0.6) is 0 Å². The Morgan fingerprint density at radius 1 is 1.20 bits per heavy atom. The molecule has 140 valence electrons. The molecule has 1 aliphatic rings. The molecular formula is C17H28N4O3S. The van der Waals surface area contributed by atoms with Gasteiger partial charge in [-0.3, -0.25) is 4.79 Å². The Bertz CT molecular complexity index is 711. The normalized spacial score (nSPS) is 16.3. The highest BCUT2D eigenvalue weighted by Gasteiger charge is 2.25. The fraction of sp³-hybridized carbons (Fsp3) is 0.588. The average Bonchev–Trinajstić information content (AvgIpc) is 2.54. The summed E-state index contributed by atoms with van der Waals surface area (Å²) >= 11 is 0. The number of nitrogens with zero attached hydrogens (tertiary/aromatic N) is 2. The van der Waals surface area contributed by atoms with Gasteiger partial charge in [0.1, 0.15) is 4.90 Å². The van der Waals surface area contributed by atoms with Gasteiger partial charge >= 0.3 is 0 Å². The number of hydrogen-bond donors (Lipinski definition) is 2. The fourth-order valence-corrected chi connectivity index (χ4v) is 4.08. The summed E-state index contributed by atoms with van der Waals surface area (Å²) in [6.45, 7) is 9.02. The third kappa shape index (κ3) is 4.93. The lowest BCUT2D eigenvalue weighted by atomic mass is 10.1. The average molecular weight is 369 g/mol. The lowest BCUT2D eigenvalue weighted by Gasteiger charge is -2.35. The van der Waals surface area contributed by atoms with Gasteiger partial charge in [-0.2, -0.15) is 0 Å². The molecule has 0 atom stereocenters. The lowest BCUT2D eigenvalue weighted by molar-refractivity contribution is 0.0943. The second-order valence-electron chi connectivity index (χ2n) is 6.60. The van der Waals surface area contributed by atoms with Crippen molar-refractivity contribution < 1.29 is 13.2 Å². The first-order valence-corrected chi connectivity index (χ1v) is 10.1. The third-order valence-electron chi connectivity index (χ3n) is 4.11. The van der Waals surface area contributed by atoms with Crippen LogP contribution in [0, 0.1) is 0 Å². The number of benzene rings is 1. The molecule has 0 bridgehead atoms. The highest BCUT2D eigenvalue weighted by molar-refractivity contribution is 7.89. The number of piperazine rings is 1. The molecule has 1 fully saturated rings. The molecule has 1 amide bonds. The van der Waals surface area contributed by atoms with E-state index < -0.39 is 10.0 Å². The summed E-state index contributed by atoms with van der Waals surface area (Å²) in [5, 5.41) is 2.80. The smallest absolute Gasteiger partial charge is 0.251 e. The molecule has 25 heavy (non-hydrogen) atoms. The van der Waals surface area contributed by atoms with E-state index in [-0.39, 0.29) is 16.8 Å². The van der Waals surface area contributed by atoms with Gasteiger partial charge in [-0.1, -0.05) is 6.92 Å². The van der Waals surface area contributed by atoms with E-state index >= 15 is 0 Å². The van der Waals surface area contributed by atoms with Crippen molar-refractivity contribution in [2.75, 3.05) is 44.7 Å². The summed E-state index contributed by atoms with van der Waals surface area (Å²) in [6, 6.07) is 4.89. The van der Waals surface area contributed by atoms with Crippen molar-refractivity contribution in [1.82, 2.24) is 14.9 Å². The minimum atomic E-state index is -3.67. The van der Waals surface area contributed by atoms with Gasteiger partial charge in [0, 0.05) is 44.3 Å². The van der Waals surface area contributed by atoms with E-state index in [0.717, 1.165) is 26.2 Å². The zero-order valence-electron chi connectivity index (χ0n) is 15.4. The van der Waals surface area contributed by atoms with Crippen molar-refractivity contribution in [3.05, 3.63) is 23.8 Å². The predicted octanol–water partition coefficient (Wildman–Crippen LogP) is 0.875. The highest BCUT2D eigenvalue weighted by atomic mass is 32.2. The maximum Gasteiger partial charge on any atom is 0.251 e. The van der Waals surface area contributed by atoms with Crippen LogP contribution in [0.1, 0.15) is 31.1 Å². The number of rotatable bonds is 6. The SMILES string of the molecule is CCNS(=O)(=O)c1cc(C(=O)NC(C)C)ccc1N1CCN(C)CC1. The van der Waals surface area contributed by atoms with Crippen LogP contribution in [0.3, 0.4) is 0 Å². The number of hydrogen-bond acceptors (Lipinski definition) is 5. The monoisotopic (exact) mass is 368 g/mol. The summed E-state index contributed by atoms with van der Waals surface area (Å²) in [7, 11) is -1.63. The maximum absolute atomic E-state index is 12.7. The molecular weight excluding hydrogens is 340 g/mol. The van der Waals surface area contributed by atoms with Crippen LogP contribution in [0.4, 0.5) is 5.69 Å². The molecule has 1 aliphatic heterocycles. The van der Waals surface area contributed by atoms with Crippen molar-refractivity contribution in [3.8, 4) is 0 Å². The molecule has 8 heteroatoms. The summed E-state index contributed by atoms with van der Waals surface area (Å²) in [5.74, 6) is -0.270. The van der Waals surface area contributed by atoms with Gasteiger partial charge in [0.25, 0.3) is 5.91 Å². The molecule has 0 saturated carbocycles. The van der Waals surface area contributed by atoms with Gasteiger partial charge in [-0.15, -0.1) is 0 Å². The molecule has 7 nitrogen and oxygen atoms in total. The third-order valence-corrected chi connectivity index (χ3v) is 5.68. The van der Waals surface area contributed by atoms with Gasteiger partial charge in [-0.05, 0) is 39.1 Å². The Hall–Kier alpha value is -1.64. The van der Waals surface area contributed by atoms with Gasteiger partial charge in [-0.25, -0.2) is 13.1 Å². The maximum atomic E-state index is 12.7. The second-order valence-corrected chi connectivity index (χ2v) is 8.34. The Balaban J connectivity index is 2.43. The summed E-state index contributed by atoms with van der Waals surface area (Å²) in [4.78, 5) is 16.7. The largest absolute Gasteiger partial charge is 0.368 e. The molecule has 2 N–H and O–H groups in total. The van der Waals surface area contributed by atoms with Crippen LogP contribution in [-0.4, -0.2) is 65.0 Å². The van der Waals surface area contributed by atoms with E-state index in [4.69, 9.17) is 0 Å². The summed E-state index contributed by atoms with van der Waals surface area (Å²) in [5.41, 5.74) is 0.998. The van der Waals surface area contributed by atoms with Crippen LogP contribution in [0.2, 0.25) is 0 Å². The Kier molecular flexibility index (Phi) is 6.42. The number of sulfonamides is 1. The number of likely N-dealkylation sites (N-methyl/N-ethyl adjacent to an activating group) is 1. The molecule has 1 saturated heterocycles. The standard InChI is InChI=1S/C17H28N4O3S/c1-5-18-25(23,24)16-12-14(17(22)19-13(2)3)6-7-15(16)21-10-8-20(4)9-11-21/h6-7,12-13,18H,5,8-11H2,1-4H3,(H,19,22). The van der Waals surface area contributed by atoms with Crippen LogP contribution < -0.4 is 14.9 Å². The number of nitrogens with one attached hydrogen (secondary N) is 2. The predicted molar refractivity (Wildman–Crippen MR) is 99.6 cm³/mol. The van der Waals surface area contributed by atoms with E-state index in [2.05, 4.69) is 19.8 Å². The molecule has 1 aromatic carbocycles. The first-order valence-electron chi connectivity index (χ1n) is 8.62. The van der Waals surface area contributed by atoms with Crippen molar-refractivity contribution >= 4 is 21.6 Å². The Morgan fingerprint density at radius 2 is 1.84 bits per heavy atom. The molecule has 0 aromatic heterocycles. The van der Waals surface area contributed by atoms with E-state index in [0.29, 0.717) is 17.8 Å². The zero-order valence-corrected chi connectivity index (χ0v) is 16.2. The number of carbonyl (C=O) groups excluding carboxylic acids is 1. The first kappa shape index (κ1) is 19.7. The Morgan fingerprint density at radius 3 is 2.40 bits per heavy atom. The molecule has 0 spiro atoms. The van der Waals surface area contributed by atoms with Crippen molar-refractivity contribution in [2.45, 2.75) is 31.7 Å². The minimum Gasteiger partial charge on any atom is -0.368 e. The van der Waals surface area contributed by atoms with Gasteiger partial charge in [0.05, 0.1) is 5.69 Å². The van der Waals surface area contributed by atoms with Crippen LogP contribution in [-0.2, 0) is 10.0 Å². The van der Waals surface area contributed by atoms with Crippen molar-refractivity contribution in [2.24, 2.45) is 0 Å². The summed E-state index contributed by atoms with van der Waals surface area (Å²) < 4.78 is 27.9. The molecule has 0 unspecified atom stereocenters. The quantitative estimate of drug-likeness (QED) is 0.779. The molecule has 1 aromatic rings. The second kappa shape index (κ2) is 8.16. The summed E-state index contributed by atoms with van der Waals surface area (Å²) in [6.07, 6.45) is 0. The molecule has 1 heterocycles.